The molecule has 10 nitrogen and oxygen atoms in total. The first-order valence-electron chi connectivity index (χ1n) is 7.98. The van der Waals surface area contributed by atoms with E-state index in [-0.39, 0.29) is 41.1 Å². The van der Waals surface area contributed by atoms with Crippen molar-refractivity contribution in [1.29, 1.82) is 0 Å². The number of anilines is 1. The number of sulfonamides is 2. The van der Waals surface area contributed by atoms with Crippen LogP contribution >= 0.6 is 0 Å². The Morgan fingerprint density at radius 3 is 2.52 bits per heavy atom. The molecule has 1 unspecified atom stereocenters. The van der Waals surface area contributed by atoms with Gasteiger partial charge in [0, 0.05) is 20.0 Å². The van der Waals surface area contributed by atoms with E-state index in [1.807, 2.05) is 0 Å². The van der Waals surface area contributed by atoms with Crippen molar-refractivity contribution in [3.8, 4) is 5.75 Å². The van der Waals surface area contributed by atoms with Gasteiger partial charge >= 0.3 is 0 Å². The number of hydrogen-bond acceptors (Lipinski definition) is 7. The van der Waals surface area contributed by atoms with Gasteiger partial charge in [-0.1, -0.05) is 6.92 Å². The van der Waals surface area contributed by atoms with Gasteiger partial charge in [0.2, 0.25) is 31.9 Å². The van der Waals surface area contributed by atoms with Crippen molar-refractivity contribution in [2.75, 3.05) is 30.3 Å². The van der Waals surface area contributed by atoms with Crippen LogP contribution in [0.15, 0.2) is 23.1 Å². The fourth-order valence-electron chi connectivity index (χ4n) is 2.59. The number of nitrogens with one attached hydrogen (secondary N) is 2. The lowest BCUT2D eigenvalue weighted by atomic mass is 10.2. The number of ether oxygens (including phenoxy) is 1. The zero-order valence-corrected chi connectivity index (χ0v) is 16.7. The summed E-state index contributed by atoms with van der Waals surface area (Å²) in [6.45, 7) is 2.79. The first-order valence-corrected chi connectivity index (χ1v) is 11.1. The number of carbonyl (C=O) groups is 2. The average Bonchev–Trinajstić information content (AvgIpc) is 2.78. The fourth-order valence-corrected chi connectivity index (χ4v) is 5.62. The maximum atomic E-state index is 12.6. The summed E-state index contributed by atoms with van der Waals surface area (Å²) in [6, 6.07) is 3.67. The molecule has 12 heteroatoms. The van der Waals surface area contributed by atoms with Crippen LogP contribution in [0.5, 0.6) is 5.75 Å². The molecule has 1 aromatic carbocycles. The molecule has 2 amide bonds. The molecular weight excluding hydrogens is 398 g/mol. The molecule has 150 valence electrons. The molecule has 1 aromatic rings. The lowest BCUT2D eigenvalue weighted by molar-refractivity contribution is -0.120. The van der Waals surface area contributed by atoms with Crippen LogP contribution in [-0.4, -0.2) is 54.6 Å². The van der Waals surface area contributed by atoms with Crippen molar-refractivity contribution in [2.24, 2.45) is 5.92 Å². The minimum Gasteiger partial charge on any atom is -0.495 e. The van der Waals surface area contributed by atoms with E-state index in [4.69, 9.17) is 4.74 Å². The van der Waals surface area contributed by atoms with Gasteiger partial charge in [-0.3, -0.25) is 9.59 Å². The van der Waals surface area contributed by atoms with Crippen LogP contribution in [0.1, 0.15) is 13.8 Å². The van der Waals surface area contributed by atoms with Crippen molar-refractivity contribution >= 4 is 37.5 Å². The molecule has 1 aliphatic heterocycles. The van der Waals surface area contributed by atoms with Gasteiger partial charge in [0.05, 0.1) is 24.5 Å². The van der Waals surface area contributed by atoms with Gasteiger partial charge in [-0.05, 0) is 18.2 Å². The lowest BCUT2D eigenvalue weighted by Crippen LogP contribution is -2.34. The van der Waals surface area contributed by atoms with Crippen molar-refractivity contribution in [1.82, 2.24) is 10.0 Å². The SMILES string of the molecule is COc1ccc(N2C(=O)C(C)CS2(=O)=O)cc1S(=O)(=O)NCCNC(C)=O. The summed E-state index contributed by atoms with van der Waals surface area (Å²) in [6.07, 6.45) is 0. The maximum absolute atomic E-state index is 12.6. The molecule has 1 aliphatic rings. The van der Waals surface area contributed by atoms with Gasteiger partial charge in [0.1, 0.15) is 10.6 Å². The second-order valence-corrected chi connectivity index (χ2v) is 9.60. The van der Waals surface area contributed by atoms with E-state index < -0.39 is 31.9 Å². The lowest BCUT2D eigenvalue weighted by Gasteiger charge is -2.18. The number of amides is 2. The molecule has 0 spiro atoms. The molecule has 27 heavy (non-hydrogen) atoms. The molecule has 0 radical (unpaired) electrons. The standard InChI is InChI=1S/C15H21N3O7S2/c1-10-9-26(21,22)18(15(10)20)12-4-5-13(25-3)14(8-12)27(23,24)17-7-6-16-11(2)19/h4-5,8,10,17H,6-7,9H2,1-3H3,(H,16,19). The van der Waals surface area contributed by atoms with E-state index in [9.17, 15) is 26.4 Å². The van der Waals surface area contributed by atoms with Gasteiger partial charge in [-0.25, -0.2) is 25.9 Å². The van der Waals surface area contributed by atoms with Crippen molar-refractivity contribution < 1.29 is 31.2 Å². The highest BCUT2D eigenvalue weighted by Gasteiger charge is 2.42. The molecular formula is C15H21N3O7S2. The Morgan fingerprint density at radius 1 is 1.33 bits per heavy atom. The summed E-state index contributed by atoms with van der Waals surface area (Å²) in [7, 11) is -6.68. The van der Waals surface area contributed by atoms with Crippen molar-refractivity contribution in [3.05, 3.63) is 18.2 Å². The minimum absolute atomic E-state index is 0.0112. The van der Waals surface area contributed by atoms with E-state index in [1.165, 1.54) is 33.1 Å². The number of carbonyl (C=O) groups excluding carboxylic acids is 2. The Bertz CT molecular complexity index is 958. The molecule has 2 rings (SSSR count). The summed E-state index contributed by atoms with van der Waals surface area (Å²) >= 11 is 0. The number of methoxy groups -OCH3 is 1. The zero-order valence-electron chi connectivity index (χ0n) is 15.1. The van der Waals surface area contributed by atoms with Crippen LogP contribution in [0, 0.1) is 5.92 Å². The van der Waals surface area contributed by atoms with Gasteiger partial charge in [-0.2, -0.15) is 0 Å². The van der Waals surface area contributed by atoms with Gasteiger partial charge < -0.3 is 10.1 Å². The molecule has 1 atom stereocenters. The Balaban J connectivity index is 2.38. The molecule has 1 saturated heterocycles. The average molecular weight is 419 g/mol. The predicted molar refractivity (Wildman–Crippen MR) is 97.3 cm³/mol. The van der Waals surface area contributed by atoms with Crippen LogP contribution in [0.4, 0.5) is 5.69 Å². The van der Waals surface area contributed by atoms with Crippen LogP contribution < -0.4 is 19.1 Å². The number of benzene rings is 1. The number of rotatable bonds is 7. The Morgan fingerprint density at radius 2 is 2.00 bits per heavy atom. The minimum atomic E-state index is -4.08. The summed E-state index contributed by atoms with van der Waals surface area (Å²) < 4.78 is 57.6. The topological polar surface area (TPSA) is 139 Å². The van der Waals surface area contributed by atoms with Gasteiger partial charge in [-0.15, -0.1) is 0 Å². The van der Waals surface area contributed by atoms with Crippen LogP contribution in [0.2, 0.25) is 0 Å². The molecule has 1 heterocycles. The summed E-state index contributed by atoms with van der Waals surface area (Å²) in [5, 5.41) is 2.45. The van der Waals surface area contributed by atoms with Crippen molar-refractivity contribution in [2.45, 2.75) is 18.7 Å². The quantitative estimate of drug-likeness (QED) is 0.564. The van der Waals surface area contributed by atoms with Crippen LogP contribution in [0.3, 0.4) is 0 Å². The second-order valence-electron chi connectivity index (χ2n) is 6.00. The van der Waals surface area contributed by atoms with E-state index in [0.29, 0.717) is 4.31 Å². The third-order valence-electron chi connectivity index (χ3n) is 3.82. The molecule has 0 aliphatic carbocycles. The van der Waals surface area contributed by atoms with Gasteiger partial charge in [0.25, 0.3) is 0 Å². The first-order chi connectivity index (χ1) is 12.5. The molecule has 0 bridgehead atoms. The number of hydrogen-bond donors (Lipinski definition) is 2. The van der Waals surface area contributed by atoms with E-state index in [1.54, 1.807) is 0 Å². The third-order valence-corrected chi connectivity index (χ3v) is 7.17. The molecule has 2 N–H and O–H groups in total. The second kappa shape index (κ2) is 7.82. The summed E-state index contributed by atoms with van der Waals surface area (Å²) in [5.41, 5.74) is -0.0765. The largest absolute Gasteiger partial charge is 0.495 e. The zero-order chi connectivity index (χ0) is 20.4. The van der Waals surface area contributed by atoms with Crippen molar-refractivity contribution in [3.63, 3.8) is 0 Å². The Hall–Kier alpha value is -2.18. The van der Waals surface area contributed by atoms with E-state index in [2.05, 4.69) is 10.0 Å². The molecule has 0 saturated carbocycles. The predicted octanol–water partition coefficient (Wildman–Crippen LogP) is -0.578. The summed E-state index contributed by atoms with van der Waals surface area (Å²) in [4.78, 5) is 22.8. The first kappa shape index (κ1) is 21.1. The highest BCUT2D eigenvalue weighted by Crippen LogP contribution is 2.33. The molecule has 0 aromatic heterocycles. The maximum Gasteiger partial charge on any atom is 0.244 e. The monoisotopic (exact) mass is 419 g/mol. The smallest absolute Gasteiger partial charge is 0.244 e. The highest BCUT2D eigenvalue weighted by atomic mass is 32.2. The van der Waals surface area contributed by atoms with E-state index >= 15 is 0 Å². The van der Waals surface area contributed by atoms with Crippen LogP contribution in [-0.2, 0) is 29.6 Å². The Labute approximate surface area is 158 Å². The van der Waals surface area contributed by atoms with E-state index in [0.717, 1.165) is 6.07 Å². The molecule has 1 fully saturated rings. The fraction of sp³-hybridized carbons (Fsp3) is 0.467. The normalized spacial score (nSPS) is 19.1. The van der Waals surface area contributed by atoms with Crippen LogP contribution in [0.25, 0.3) is 0 Å². The highest BCUT2D eigenvalue weighted by molar-refractivity contribution is 7.94. The third kappa shape index (κ3) is 4.57. The number of nitrogens with zero attached hydrogens (tertiary/aromatic N) is 1. The van der Waals surface area contributed by atoms with Gasteiger partial charge in [0.15, 0.2) is 0 Å². The Kier molecular flexibility index (Phi) is 6.12. The summed E-state index contributed by atoms with van der Waals surface area (Å²) in [5.74, 6) is -1.99.